The van der Waals surface area contributed by atoms with Crippen molar-refractivity contribution < 1.29 is 27.5 Å². The summed E-state index contributed by atoms with van der Waals surface area (Å²) in [6.45, 7) is 6.95. The molecule has 0 aromatic rings. The van der Waals surface area contributed by atoms with Gasteiger partial charge < -0.3 is 4.74 Å². The van der Waals surface area contributed by atoms with Gasteiger partial charge in [0.1, 0.15) is 0 Å². The molecule has 0 spiro atoms. The molecule has 0 unspecified atom stereocenters. The molecule has 0 N–H and O–H groups in total. The zero-order chi connectivity index (χ0) is 21.2. The zero-order valence-corrected chi connectivity index (χ0v) is 17.7. The first-order valence-electron chi connectivity index (χ1n) is 11.3. The Morgan fingerprint density at radius 2 is 1.76 bits per heavy atom. The molecular formula is C23H33F3O3. The maximum atomic E-state index is 12.7. The van der Waals surface area contributed by atoms with Gasteiger partial charge >= 0.3 is 12.1 Å². The Morgan fingerprint density at radius 1 is 1.07 bits per heavy atom. The van der Waals surface area contributed by atoms with E-state index in [1.54, 1.807) is 0 Å². The molecule has 0 aromatic heterocycles. The van der Waals surface area contributed by atoms with Crippen molar-refractivity contribution in [3.8, 4) is 0 Å². The van der Waals surface area contributed by atoms with E-state index in [-0.39, 0.29) is 30.0 Å². The van der Waals surface area contributed by atoms with E-state index in [0.717, 1.165) is 25.2 Å². The summed E-state index contributed by atoms with van der Waals surface area (Å²) < 4.78 is 42.4. The summed E-state index contributed by atoms with van der Waals surface area (Å²) in [5.74, 6) is 0.163. The van der Waals surface area contributed by atoms with Crippen LogP contribution in [-0.4, -0.2) is 24.0 Å². The normalized spacial score (nSPS) is 47.2. The highest BCUT2D eigenvalue weighted by Crippen LogP contribution is 2.67. The van der Waals surface area contributed by atoms with Crippen LogP contribution < -0.4 is 0 Å². The molecule has 4 aliphatic rings. The number of Topliss-reactive ketones (excluding diaryl/α,β-unsaturated/α-hetero) is 1. The van der Waals surface area contributed by atoms with Crippen LogP contribution in [0, 0.1) is 40.4 Å². The second-order valence-electron chi connectivity index (χ2n) is 10.7. The maximum Gasteiger partial charge on any atom is 0.490 e. The Bertz CT molecular complexity index is 689. The fourth-order valence-electron chi connectivity index (χ4n) is 8.17. The molecule has 4 rings (SSSR count). The summed E-state index contributed by atoms with van der Waals surface area (Å²) in [5, 5.41) is 0. The molecule has 164 valence electrons. The van der Waals surface area contributed by atoms with E-state index >= 15 is 0 Å². The molecule has 0 heterocycles. The highest BCUT2D eigenvalue weighted by Gasteiger charge is 2.61. The Labute approximate surface area is 171 Å². The fraction of sp³-hybridized carbons (Fsp3) is 0.913. The molecule has 0 bridgehead atoms. The molecule has 6 heteroatoms. The molecule has 8 atom stereocenters. The lowest BCUT2D eigenvalue weighted by Crippen LogP contribution is -2.56. The summed E-state index contributed by atoms with van der Waals surface area (Å²) in [4.78, 5) is 24.0. The first kappa shape index (κ1) is 21.2. The number of halogens is 3. The van der Waals surface area contributed by atoms with Gasteiger partial charge in [-0.25, -0.2) is 4.79 Å². The fourth-order valence-corrected chi connectivity index (χ4v) is 8.17. The van der Waals surface area contributed by atoms with Gasteiger partial charge in [0.2, 0.25) is 0 Å². The minimum absolute atomic E-state index is 0.153. The van der Waals surface area contributed by atoms with Crippen molar-refractivity contribution in [2.24, 2.45) is 40.4 Å². The Kier molecular flexibility index (Phi) is 5.10. The molecule has 0 amide bonds. The summed E-state index contributed by atoms with van der Waals surface area (Å²) in [6, 6.07) is 0. The van der Waals surface area contributed by atoms with Crippen LogP contribution >= 0.6 is 0 Å². The van der Waals surface area contributed by atoms with Gasteiger partial charge in [-0.05, 0) is 85.4 Å². The molecule has 0 saturated heterocycles. The molecular weight excluding hydrogens is 381 g/mol. The van der Waals surface area contributed by atoms with Gasteiger partial charge in [0.15, 0.2) is 11.9 Å². The standard InChI is InChI=1S/C23H33F3O3/c1-4-13-6-8-16-15-7-5-14-11-19(29-20(28)23(24,25)26)18(27)12-22(14,3)17(15)9-10-21(13,16)2/h13-17,19H,4-12H2,1-3H3/t13-,14-,15-,16-,17-,19+,21+,22-/m0/s1. The maximum absolute atomic E-state index is 12.7. The van der Waals surface area contributed by atoms with Gasteiger partial charge in [-0.15, -0.1) is 0 Å². The number of esters is 1. The summed E-state index contributed by atoms with van der Waals surface area (Å²) in [6.07, 6.45) is 2.34. The zero-order valence-electron chi connectivity index (χ0n) is 17.7. The average Bonchev–Trinajstić information content (AvgIpc) is 2.98. The van der Waals surface area contributed by atoms with E-state index in [2.05, 4.69) is 25.5 Å². The van der Waals surface area contributed by atoms with Crippen LogP contribution in [0.25, 0.3) is 0 Å². The van der Waals surface area contributed by atoms with Crippen molar-refractivity contribution in [3.05, 3.63) is 0 Å². The van der Waals surface area contributed by atoms with E-state index in [1.807, 2.05) is 0 Å². The lowest BCUT2D eigenvalue weighted by molar-refractivity contribution is -0.210. The summed E-state index contributed by atoms with van der Waals surface area (Å²) in [7, 11) is 0. The van der Waals surface area contributed by atoms with Gasteiger partial charge in [-0.3, -0.25) is 4.79 Å². The first-order valence-corrected chi connectivity index (χ1v) is 11.3. The molecule has 0 aromatic carbocycles. The van der Waals surface area contributed by atoms with E-state index in [0.29, 0.717) is 23.2 Å². The monoisotopic (exact) mass is 414 g/mol. The minimum Gasteiger partial charge on any atom is -0.448 e. The molecule has 4 saturated carbocycles. The largest absolute Gasteiger partial charge is 0.490 e. The van der Waals surface area contributed by atoms with E-state index < -0.39 is 18.2 Å². The SMILES string of the molecule is CC[C@H]1CC[C@H]2[C@@H]3CC[C@H]4C[C@@H](OC(=O)C(F)(F)F)C(=O)C[C@]4(C)[C@H]3CC[C@]12C. The van der Waals surface area contributed by atoms with Crippen LogP contribution in [0.3, 0.4) is 0 Å². The minimum atomic E-state index is -5.05. The van der Waals surface area contributed by atoms with E-state index in [9.17, 15) is 22.8 Å². The molecule has 4 fully saturated rings. The number of hydrogen-bond donors (Lipinski definition) is 0. The number of carbonyl (C=O) groups excluding carboxylic acids is 2. The van der Waals surface area contributed by atoms with Crippen LogP contribution in [-0.2, 0) is 14.3 Å². The Balaban J connectivity index is 1.52. The highest BCUT2D eigenvalue weighted by atomic mass is 19.4. The third-order valence-electron chi connectivity index (χ3n) is 9.65. The van der Waals surface area contributed by atoms with Gasteiger partial charge in [0.25, 0.3) is 0 Å². The topological polar surface area (TPSA) is 43.4 Å². The van der Waals surface area contributed by atoms with Gasteiger partial charge in [-0.1, -0.05) is 27.2 Å². The van der Waals surface area contributed by atoms with Crippen molar-refractivity contribution in [2.45, 2.75) is 90.8 Å². The second-order valence-corrected chi connectivity index (χ2v) is 10.7. The number of ether oxygens (including phenoxy) is 1. The Morgan fingerprint density at radius 3 is 2.41 bits per heavy atom. The van der Waals surface area contributed by atoms with Gasteiger partial charge in [-0.2, -0.15) is 13.2 Å². The van der Waals surface area contributed by atoms with Crippen molar-refractivity contribution in [1.29, 1.82) is 0 Å². The van der Waals surface area contributed by atoms with Crippen LogP contribution in [0.4, 0.5) is 13.2 Å². The van der Waals surface area contributed by atoms with Crippen LogP contribution in [0.2, 0.25) is 0 Å². The highest BCUT2D eigenvalue weighted by molar-refractivity contribution is 5.88. The number of ketones is 1. The van der Waals surface area contributed by atoms with Gasteiger partial charge in [0, 0.05) is 6.42 Å². The molecule has 0 aliphatic heterocycles. The second kappa shape index (κ2) is 6.98. The summed E-state index contributed by atoms with van der Waals surface area (Å²) in [5.41, 5.74) is 0.231. The van der Waals surface area contributed by atoms with E-state index in [1.165, 1.54) is 25.7 Å². The van der Waals surface area contributed by atoms with Crippen LogP contribution in [0.1, 0.15) is 78.6 Å². The molecule has 0 radical (unpaired) electrons. The van der Waals surface area contributed by atoms with Crippen molar-refractivity contribution >= 4 is 11.8 Å². The third kappa shape index (κ3) is 3.23. The number of rotatable bonds is 2. The van der Waals surface area contributed by atoms with E-state index in [4.69, 9.17) is 0 Å². The lowest BCUT2D eigenvalue weighted by atomic mass is 9.44. The average molecular weight is 415 g/mol. The number of alkyl halides is 3. The number of fused-ring (bicyclic) bond motifs is 5. The molecule has 29 heavy (non-hydrogen) atoms. The van der Waals surface area contributed by atoms with Gasteiger partial charge in [0.05, 0.1) is 0 Å². The molecule has 3 nitrogen and oxygen atoms in total. The summed E-state index contributed by atoms with van der Waals surface area (Å²) >= 11 is 0. The number of carbonyl (C=O) groups is 2. The smallest absolute Gasteiger partial charge is 0.448 e. The molecule has 4 aliphatic carbocycles. The predicted molar refractivity (Wildman–Crippen MR) is 102 cm³/mol. The van der Waals surface area contributed by atoms with Crippen LogP contribution in [0.5, 0.6) is 0 Å². The first-order chi connectivity index (χ1) is 13.5. The van der Waals surface area contributed by atoms with Crippen molar-refractivity contribution in [1.82, 2.24) is 0 Å². The predicted octanol–water partition coefficient (Wildman–Crippen LogP) is 5.71. The quantitative estimate of drug-likeness (QED) is 0.544. The van der Waals surface area contributed by atoms with Crippen molar-refractivity contribution in [3.63, 3.8) is 0 Å². The van der Waals surface area contributed by atoms with Crippen LogP contribution in [0.15, 0.2) is 0 Å². The third-order valence-corrected chi connectivity index (χ3v) is 9.65. The lowest BCUT2D eigenvalue weighted by Gasteiger charge is -2.60. The van der Waals surface area contributed by atoms with Crippen molar-refractivity contribution in [2.75, 3.05) is 0 Å². The Hall–Kier alpha value is -1.07. The number of hydrogen-bond acceptors (Lipinski definition) is 3.